The molecule has 3 aromatic heterocycles. The van der Waals surface area contributed by atoms with Gasteiger partial charge in [0.2, 0.25) is 4.96 Å². The Balaban J connectivity index is 1.70. The first-order valence-electron chi connectivity index (χ1n) is 12.7. The predicted molar refractivity (Wildman–Crippen MR) is 162 cm³/mol. The van der Waals surface area contributed by atoms with Crippen LogP contribution in [0, 0.1) is 11.3 Å². The molecular weight excluding hydrogens is 565 g/mol. The van der Waals surface area contributed by atoms with Crippen molar-refractivity contribution < 1.29 is 4.74 Å². The van der Waals surface area contributed by atoms with E-state index >= 15 is 0 Å². The number of thiazole rings is 1. The summed E-state index contributed by atoms with van der Waals surface area (Å²) in [5.41, 5.74) is 5.48. The lowest BCUT2D eigenvalue weighted by molar-refractivity contribution is 0.344. The second-order valence-electron chi connectivity index (χ2n) is 9.19. The van der Waals surface area contributed by atoms with E-state index in [0.29, 0.717) is 32.6 Å². The molecule has 198 valence electrons. The van der Waals surface area contributed by atoms with Crippen molar-refractivity contribution in [2.75, 3.05) is 6.61 Å². The van der Waals surface area contributed by atoms with E-state index < -0.39 is 0 Å². The summed E-state index contributed by atoms with van der Waals surface area (Å²) >= 11 is 13.4. The molecule has 0 atom stereocenters. The molecule has 10 heteroatoms. The van der Waals surface area contributed by atoms with Gasteiger partial charge in [-0.3, -0.25) is 4.79 Å². The molecule has 0 saturated heterocycles. The highest BCUT2D eigenvalue weighted by Crippen LogP contribution is 2.40. The van der Waals surface area contributed by atoms with Crippen LogP contribution in [-0.2, 0) is 11.2 Å². The first kappa shape index (κ1) is 26.2. The fraction of sp³-hybridized carbons (Fsp3) is 0.167. The molecule has 0 amide bonds. The normalized spacial score (nSPS) is 14.2. The third kappa shape index (κ3) is 4.66. The molecule has 0 unspecified atom stereocenters. The lowest BCUT2D eigenvalue weighted by Crippen LogP contribution is -2.18. The van der Waals surface area contributed by atoms with E-state index in [-0.39, 0.29) is 16.3 Å². The van der Waals surface area contributed by atoms with Crippen LogP contribution in [0.1, 0.15) is 41.5 Å². The smallest absolute Gasteiger partial charge is 0.270 e. The molecule has 0 saturated carbocycles. The largest absolute Gasteiger partial charge is 0.483 e. The van der Waals surface area contributed by atoms with Gasteiger partial charge in [0, 0.05) is 15.6 Å². The first-order valence-corrected chi connectivity index (χ1v) is 14.2. The maximum absolute atomic E-state index is 14.2. The maximum atomic E-state index is 14.2. The summed E-state index contributed by atoms with van der Waals surface area (Å²) in [5, 5.41) is 11.4. The van der Waals surface area contributed by atoms with Crippen molar-refractivity contribution in [3.8, 4) is 17.2 Å². The van der Waals surface area contributed by atoms with Gasteiger partial charge in [0.05, 0.1) is 17.7 Å². The van der Waals surface area contributed by atoms with Crippen LogP contribution >= 0.6 is 34.5 Å². The second-order valence-corrected chi connectivity index (χ2v) is 11.0. The number of pyridine rings is 1. The van der Waals surface area contributed by atoms with Crippen LogP contribution in [0.4, 0.5) is 5.82 Å². The summed E-state index contributed by atoms with van der Waals surface area (Å²) in [7, 11) is 0. The lowest BCUT2D eigenvalue weighted by Gasteiger charge is -2.23. The summed E-state index contributed by atoms with van der Waals surface area (Å²) < 4.78 is 6.63. The lowest BCUT2D eigenvalue weighted by atomic mass is 9.84. The molecular formula is C30H21Cl2N5O2S. The van der Waals surface area contributed by atoms with Gasteiger partial charge in [-0.2, -0.15) is 15.2 Å². The zero-order valence-electron chi connectivity index (χ0n) is 21.3. The average Bonchev–Trinajstić information content (AvgIpc) is 3.32. The van der Waals surface area contributed by atoms with Crippen molar-refractivity contribution >= 4 is 74.4 Å². The number of benzene rings is 2. The molecule has 1 aliphatic rings. The molecule has 0 N–H and O–H groups in total. The van der Waals surface area contributed by atoms with Crippen LogP contribution in [0.3, 0.4) is 0 Å². The third-order valence-electron chi connectivity index (χ3n) is 6.74. The Labute approximate surface area is 243 Å². The van der Waals surface area contributed by atoms with Gasteiger partial charge in [0.25, 0.3) is 5.56 Å². The van der Waals surface area contributed by atoms with Crippen molar-refractivity contribution in [2.24, 2.45) is 4.99 Å². The topological polar surface area (TPSA) is 92.6 Å². The fourth-order valence-corrected chi connectivity index (χ4v) is 6.10. The van der Waals surface area contributed by atoms with Crippen molar-refractivity contribution in [3.63, 3.8) is 0 Å². The van der Waals surface area contributed by atoms with Crippen molar-refractivity contribution in [1.29, 1.82) is 5.26 Å². The van der Waals surface area contributed by atoms with Crippen LogP contribution in [0.25, 0.3) is 38.8 Å². The van der Waals surface area contributed by atoms with E-state index in [0.717, 1.165) is 64.1 Å². The monoisotopic (exact) mass is 585 g/mol. The number of allylic oxidation sites excluding steroid dienone is 1. The number of fused-ring (bicyclic) bond motifs is 3. The highest BCUT2D eigenvalue weighted by Gasteiger charge is 2.27. The molecule has 0 aliphatic heterocycles. The van der Waals surface area contributed by atoms with Crippen molar-refractivity contribution in [1.82, 2.24) is 14.4 Å². The van der Waals surface area contributed by atoms with Crippen LogP contribution in [0.2, 0.25) is 10.0 Å². The molecule has 7 nitrogen and oxygen atoms in total. The Hall–Kier alpha value is -4.03. The molecule has 40 heavy (non-hydrogen) atoms. The third-order valence-corrected chi connectivity index (χ3v) is 8.17. The zero-order valence-corrected chi connectivity index (χ0v) is 23.6. The Bertz CT molecular complexity index is 1940. The van der Waals surface area contributed by atoms with E-state index in [1.165, 1.54) is 10.8 Å². The minimum absolute atomic E-state index is 0.193. The Morgan fingerprint density at radius 1 is 1.10 bits per heavy atom. The number of aromatic nitrogens is 3. The molecule has 0 radical (unpaired) electrons. The Morgan fingerprint density at radius 3 is 2.52 bits per heavy atom. The Morgan fingerprint density at radius 2 is 1.82 bits per heavy atom. The van der Waals surface area contributed by atoms with Crippen LogP contribution in [0.5, 0.6) is 0 Å². The fourth-order valence-electron chi connectivity index (χ4n) is 5.00. The second kappa shape index (κ2) is 10.9. The summed E-state index contributed by atoms with van der Waals surface area (Å²) in [6.45, 7) is 2.24. The van der Waals surface area contributed by atoms with Crippen LogP contribution in [0.15, 0.2) is 58.3 Å². The van der Waals surface area contributed by atoms with Gasteiger partial charge in [-0.25, -0.2) is 9.38 Å². The number of rotatable bonds is 5. The SMILES string of the molecule is CCO/C=N/c1c(C#N)sc2nc3nc4c(c(-c5ccc(Cl)cc5)c3c(=O)n12)CCC/C4=C\c1ccc(Cl)cc1. The molecule has 0 fully saturated rings. The average molecular weight is 587 g/mol. The molecule has 1 aliphatic carbocycles. The summed E-state index contributed by atoms with van der Waals surface area (Å²) in [5.74, 6) is 0.193. The number of nitriles is 1. The molecule has 2 aromatic carbocycles. The maximum Gasteiger partial charge on any atom is 0.270 e. The standard InChI is InChI=1S/C30H21Cl2N5O2S/c1-2-39-16-34-28-23(15-33)40-30-36-27-25(29(38)37(28)30)24(18-8-12-21(32)13-9-18)22-5-3-4-19(26(22)35-27)14-17-6-10-20(31)11-7-17/h6-14,16H,2-5H2,1H3/b19-14+,34-16+. The van der Waals surface area contributed by atoms with Crippen molar-refractivity contribution in [3.05, 3.63) is 90.6 Å². The summed E-state index contributed by atoms with van der Waals surface area (Å²) in [4.78, 5) is 28.9. The van der Waals surface area contributed by atoms with Crippen LogP contribution in [-0.4, -0.2) is 27.4 Å². The minimum Gasteiger partial charge on any atom is -0.483 e. The molecule has 0 spiro atoms. The highest BCUT2D eigenvalue weighted by atomic mass is 35.5. The summed E-state index contributed by atoms with van der Waals surface area (Å²) in [6, 6.07) is 17.2. The molecule has 5 aromatic rings. The minimum atomic E-state index is -0.338. The number of halogens is 2. The van der Waals surface area contributed by atoms with E-state index in [9.17, 15) is 10.1 Å². The van der Waals surface area contributed by atoms with E-state index in [2.05, 4.69) is 17.1 Å². The predicted octanol–water partition coefficient (Wildman–Crippen LogP) is 7.72. The number of aliphatic imine (C=N–C) groups is 1. The van der Waals surface area contributed by atoms with Gasteiger partial charge in [0.1, 0.15) is 6.07 Å². The number of ether oxygens (including phenoxy) is 1. The number of hydrogen-bond acceptors (Lipinski definition) is 7. The Kier molecular flexibility index (Phi) is 7.11. The van der Waals surface area contributed by atoms with Gasteiger partial charge in [-0.05, 0) is 78.8 Å². The van der Waals surface area contributed by atoms with Gasteiger partial charge < -0.3 is 4.74 Å². The number of hydrogen-bond donors (Lipinski definition) is 0. The molecule has 0 bridgehead atoms. The van der Waals surface area contributed by atoms with Gasteiger partial charge >= 0.3 is 0 Å². The highest BCUT2D eigenvalue weighted by molar-refractivity contribution is 7.18. The van der Waals surface area contributed by atoms with E-state index in [1.54, 1.807) is 0 Å². The van der Waals surface area contributed by atoms with Crippen LogP contribution < -0.4 is 5.56 Å². The number of nitrogens with zero attached hydrogens (tertiary/aromatic N) is 5. The van der Waals surface area contributed by atoms with Crippen molar-refractivity contribution in [2.45, 2.75) is 26.2 Å². The quantitative estimate of drug-likeness (QED) is 0.155. The zero-order chi connectivity index (χ0) is 27.8. The van der Waals surface area contributed by atoms with E-state index in [1.807, 2.05) is 55.5 Å². The van der Waals surface area contributed by atoms with Gasteiger partial charge in [-0.15, -0.1) is 0 Å². The summed E-state index contributed by atoms with van der Waals surface area (Å²) in [6.07, 6.45) is 5.85. The van der Waals surface area contributed by atoms with E-state index in [4.69, 9.17) is 37.9 Å². The first-order chi connectivity index (χ1) is 19.5. The molecule has 3 heterocycles. The van der Waals surface area contributed by atoms with Gasteiger partial charge in [0.15, 0.2) is 22.7 Å². The molecule has 6 rings (SSSR count). The van der Waals surface area contributed by atoms with Gasteiger partial charge in [-0.1, -0.05) is 58.8 Å².